The van der Waals surface area contributed by atoms with E-state index < -0.39 is 0 Å². The Hall–Kier alpha value is -2.63. The normalized spacial score (nSPS) is 12.0. The SMILES string of the molecule is C=CC(=O)N(CC)CC(=O)NC(C)Cc1cn(C)c2ccc(F)cc12. The highest BCUT2D eigenvalue weighted by Crippen LogP contribution is 2.22. The Morgan fingerprint density at radius 1 is 1.44 bits per heavy atom. The molecular weight excluding hydrogens is 321 g/mol. The van der Waals surface area contributed by atoms with Crippen molar-refractivity contribution < 1.29 is 14.0 Å². The molecule has 25 heavy (non-hydrogen) atoms. The van der Waals surface area contributed by atoms with E-state index in [2.05, 4.69) is 11.9 Å². The van der Waals surface area contributed by atoms with Crippen molar-refractivity contribution in [1.82, 2.24) is 14.8 Å². The van der Waals surface area contributed by atoms with E-state index in [9.17, 15) is 14.0 Å². The number of carbonyl (C=O) groups is 2. The minimum atomic E-state index is -0.279. The molecule has 0 aliphatic heterocycles. The van der Waals surface area contributed by atoms with E-state index in [0.717, 1.165) is 16.5 Å². The molecule has 1 N–H and O–H groups in total. The molecule has 2 amide bonds. The van der Waals surface area contributed by atoms with Gasteiger partial charge < -0.3 is 14.8 Å². The second kappa shape index (κ2) is 7.96. The highest BCUT2D eigenvalue weighted by Gasteiger charge is 2.16. The van der Waals surface area contributed by atoms with Crippen molar-refractivity contribution in [3.63, 3.8) is 0 Å². The van der Waals surface area contributed by atoms with Crippen LogP contribution < -0.4 is 5.32 Å². The number of likely N-dealkylation sites (N-methyl/N-ethyl adjacent to an activating group) is 1. The molecule has 2 rings (SSSR count). The molecular formula is C19H24FN3O2. The zero-order chi connectivity index (χ0) is 18.6. The van der Waals surface area contributed by atoms with Crippen LogP contribution >= 0.6 is 0 Å². The van der Waals surface area contributed by atoms with E-state index in [-0.39, 0.29) is 30.2 Å². The second-order valence-corrected chi connectivity index (χ2v) is 6.16. The first-order chi connectivity index (χ1) is 11.8. The second-order valence-electron chi connectivity index (χ2n) is 6.16. The number of rotatable bonds is 7. The molecule has 0 saturated heterocycles. The number of halogens is 1. The van der Waals surface area contributed by atoms with Gasteiger partial charge in [0.1, 0.15) is 5.82 Å². The first kappa shape index (κ1) is 18.7. The fraction of sp³-hybridized carbons (Fsp3) is 0.368. The molecule has 1 atom stereocenters. The lowest BCUT2D eigenvalue weighted by atomic mass is 10.1. The Morgan fingerprint density at radius 3 is 2.80 bits per heavy atom. The van der Waals surface area contributed by atoms with E-state index >= 15 is 0 Å². The van der Waals surface area contributed by atoms with Crippen LogP contribution in [-0.4, -0.2) is 40.4 Å². The number of benzene rings is 1. The molecule has 0 radical (unpaired) electrons. The number of aryl methyl sites for hydroxylation is 1. The summed E-state index contributed by atoms with van der Waals surface area (Å²) >= 11 is 0. The van der Waals surface area contributed by atoms with Crippen LogP contribution in [0, 0.1) is 5.82 Å². The number of aromatic nitrogens is 1. The van der Waals surface area contributed by atoms with Crippen LogP contribution in [-0.2, 0) is 23.1 Å². The molecule has 0 aliphatic rings. The van der Waals surface area contributed by atoms with Gasteiger partial charge in [-0.15, -0.1) is 0 Å². The van der Waals surface area contributed by atoms with Crippen LogP contribution in [0.2, 0.25) is 0 Å². The van der Waals surface area contributed by atoms with Crippen LogP contribution in [0.15, 0.2) is 37.1 Å². The molecule has 1 aromatic heterocycles. The lowest BCUT2D eigenvalue weighted by molar-refractivity contribution is -0.132. The number of nitrogens with zero attached hydrogens (tertiary/aromatic N) is 2. The molecule has 6 heteroatoms. The highest BCUT2D eigenvalue weighted by molar-refractivity contribution is 5.91. The Morgan fingerprint density at radius 2 is 2.16 bits per heavy atom. The predicted molar refractivity (Wildman–Crippen MR) is 96.6 cm³/mol. The standard InChI is InChI=1S/C19H24FN3O2/c1-5-19(25)23(6-2)12-18(24)21-13(3)9-14-11-22(4)17-8-7-15(20)10-16(14)17/h5,7-8,10-11,13H,1,6,9,12H2,2-4H3,(H,21,24). The molecule has 0 aliphatic carbocycles. The maximum atomic E-state index is 13.5. The van der Waals surface area contributed by atoms with Gasteiger partial charge in [-0.25, -0.2) is 4.39 Å². The van der Waals surface area contributed by atoms with Gasteiger partial charge in [-0.1, -0.05) is 6.58 Å². The summed E-state index contributed by atoms with van der Waals surface area (Å²) in [5.41, 5.74) is 1.92. The fourth-order valence-electron chi connectivity index (χ4n) is 2.96. The van der Waals surface area contributed by atoms with Gasteiger partial charge in [-0.2, -0.15) is 0 Å². The molecule has 0 saturated carbocycles. The van der Waals surface area contributed by atoms with Crippen molar-refractivity contribution in [3.05, 3.63) is 48.4 Å². The van der Waals surface area contributed by atoms with Crippen molar-refractivity contribution in [2.24, 2.45) is 7.05 Å². The third kappa shape index (κ3) is 4.47. The van der Waals surface area contributed by atoms with Crippen molar-refractivity contribution >= 4 is 22.7 Å². The quantitative estimate of drug-likeness (QED) is 0.784. The minimum absolute atomic E-state index is 0.00411. The number of carbonyl (C=O) groups excluding carboxylic acids is 2. The van der Waals surface area contributed by atoms with E-state index in [1.165, 1.54) is 23.1 Å². The van der Waals surface area contributed by atoms with Gasteiger partial charge in [-0.3, -0.25) is 9.59 Å². The number of hydrogen-bond acceptors (Lipinski definition) is 2. The van der Waals surface area contributed by atoms with E-state index in [0.29, 0.717) is 13.0 Å². The summed E-state index contributed by atoms with van der Waals surface area (Å²) in [6.45, 7) is 7.57. The van der Waals surface area contributed by atoms with Gasteiger partial charge in [0, 0.05) is 36.7 Å². The maximum Gasteiger partial charge on any atom is 0.246 e. The summed E-state index contributed by atoms with van der Waals surface area (Å²) in [5, 5.41) is 3.74. The van der Waals surface area contributed by atoms with Crippen molar-refractivity contribution in [3.8, 4) is 0 Å². The Bertz CT molecular complexity index is 797. The van der Waals surface area contributed by atoms with E-state index in [1.807, 2.05) is 31.7 Å². The third-order valence-corrected chi connectivity index (χ3v) is 4.17. The van der Waals surface area contributed by atoms with E-state index in [1.54, 1.807) is 6.07 Å². The van der Waals surface area contributed by atoms with Gasteiger partial charge in [0.05, 0.1) is 6.54 Å². The zero-order valence-corrected chi connectivity index (χ0v) is 14.9. The summed E-state index contributed by atoms with van der Waals surface area (Å²) in [4.78, 5) is 25.2. The smallest absolute Gasteiger partial charge is 0.246 e. The van der Waals surface area contributed by atoms with Crippen LogP contribution in [0.1, 0.15) is 19.4 Å². The summed E-state index contributed by atoms with van der Waals surface area (Å²) in [7, 11) is 1.91. The highest BCUT2D eigenvalue weighted by atomic mass is 19.1. The van der Waals surface area contributed by atoms with Crippen molar-refractivity contribution in [2.45, 2.75) is 26.3 Å². The topological polar surface area (TPSA) is 54.3 Å². The van der Waals surface area contributed by atoms with Crippen molar-refractivity contribution in [1.29, 1.82) is 0 Å². The Labute approximate surface area is 147 Å². The molecule has 2 aromatic rings. The van der Waals surface area contributed by atoms with Gasteiger partial charge >= 0.3 is 0 Å². The maximum absolute atomic E-state index is 13.5. The van der Waals surface area contributed by atoms with Crippen LogP contribution in [0.4, 0.5) is 4.39 Å². The number of amides is 2. The molecule has 1 heterocycles. The molecule has 5 nitrogen and oxygen atoms in total. The molecule has 1 aromatic carbocycles. The van der Waals surface area contributed by atoms with Crippen LogP contribution in [0.25, 0.3) is 10.9 Å². The van der Waals surface area contributed by atoms with Gasteiger partial charge in [-0.05, 0) is 50.1 Å². The minimum Gasteiger partial charge on any atom is -0.352 e. The van der Waals surface area contributed by atoms with Crippen LogP contribution in [0.5, 0.6) is 0 Å². The molecule has 134 valence electrons. The predicted octanol–water partition coefficient (Wildman–Crippen LogP) is 2.40. The number of nitrogens with one attached hydrogen (secondary N) is 1. The average molecular weight is 345 g/mol. The first-order valence-electron chi connectivity index (χ1n) is 8.29. The summed E-state index contributed by atoms with van der Waals surface area (Å²) in [5.74, 6) is -0.774. The van der Waals surface area contributed by atoms with Gasteiger partial charge in [0.25, 0.3) is 0 Å². The molecule has 0 fully saturated rings. The van der Waals surface area contributed by atoms with E-state index in [4.69, 9.17) is 0 Å². The third-order valence-electron chi connectivity index (χ3n) is 4.17. The lowest BCUT2D eigenvalue weighted by Crippen LogP contribution is -2.43. The number of hydrogen-bond donors (Lipinski definition) is 1. The Kier molecular flexibility index (Phi) is 5.96. The van der Waals surface area contributed by atoms with Gasteiger partial charge in [0.2, 0.25) is 11.8 Å². The summed E-state index contributed by atoms with van der Waals surface area (Å²) in [6, 6.07) is 4.56. The largest absolute Gasteiger partial charge is 0.352 e. The fourth-order valence-corrected chi connectivity index (χ4v) is 2.96. The monoisotopic (exact) mass is 345 g/mol. The average Bonchev–Trinajstić information content (AvgIpc) is 2.86. The molecule has 0 spiro atoms. The van der Waals surface area contributed by atoms with Crippen LogP contribution in [0.3, 0.4) is 0 Å². The number of fused-ring (bicyclic) bond motifs is 1. The zero-order valence-electron chi connectivity index (χ0n) is 14.9. The van der Waals surface area contributed by atoms with Gasteiger partial charge in [0.15, 0.2) is 0 Å². The summed E-state index contributed by atoms with van der Waals surface area (Å²) < 4.78 is 15.5. The van der Waals surface area contributed by atoms with Crippen molar-refractivity contribution in [2.75, 3.05) is 13.1 Å². The molecule has 0 bridgehead atoms. The molecule has 1 unspecified atom stereocenters. The summed E-state index contributed by atoms with van der Waals surface area (Å²) in [6.07, 6.45) is 3.73. The lowest BCUT2D eigenvalue weighted by Gasteiger charge is -2.20. The Balaban J connectivity index is 2.04. The first-order valence-corrected chi connectivity index (χ1v) is 8.29.